The summed E-state index contributed by atoms with van der Waals surface area (Å²) in [5, 5.41) is 0. The molecule has 2 rings (SSSR count). The first-order valence-corrected chi connectivity index (χ1v) is 5.41. The van der Waals surface area contributed by atoms with Crippen molar-refractivity contribution in [1.82, 2.24) is 0 Å². The Morgan fingerprint density at radius 2 is 1.75 bits per heavy atom. The number of hydrogen-bond acceptors (Lipinski definition) is 1. The molecule has 0 aliphatic heterocycles. The zero-order valence-corrected chi connectivity index (χ0v) is 8.15. The molecule has 12 heavy (non-hydrogen) atoms. The molecule has 0 saturated heterocycles. The molecule has 2 heteroatoms. The van der Waals surface area contributed by atoms with E-state index in [1.54, 1.807) is 6.26 Å². The van der Waals surface area contributed by atoms with Gasteiger partial charge in [0.2, 0.25) is 0 Å². The van der Waals surface area contributed by atoms with Gasteiger partial charge in [0.25, 0.3) is 0 Å². The maximum absolute atomic E-state index is 5.00. The van der Waals surface area contributed by atoms with Gasteiger partial charge in [-0.1, -0.05) is 0 Å². The summed E-state index contributed by atoms with van der Waals surface area (Å²) in [6.45, 7) is 0. The van der Waals surface area contributed by atoms with Crippen LogP contribution in [0.4, 0.5) is 0 Å². The molecule has 0 N–H and O–H groups in total. The molecule has 60 valence electrons. The summed E-state index contributed by atoms with van der Waals surface area (Å²) in [6.07, 6.45) is 3.53. The molecule has 0 fully saturated rings. The van der Waals surface area contributed by atoms with E-state index in [0.29, 0.717) is 15.0 Å². The zero-order chi connectivity index (χ0) is 8.23. The van der Waals surface area contributed by atoms with E-state index in [1.807, 2.05) is 18.4 Å². The number of hydrogen-bond donors (Lipinski definition) is 0. The average molecular weight is 223 g/mol. The van der Waals surface area contributed by atoms with Gasteiger partial charge in [0.1, 0.15) is 0 Å². The Kier molecular flexibility index (Phi) is 2.31. The van der Waals surface area contributed by atoms with E-state index in [9.17, 15) is 0 Å². The molecule has 1 aromatic carbocycles. The molecule has 0 saturated carbocycles. The molecule has 0 atom stereocenters. The van der Waals surface area contributed by atoms with E-state index in [-0.39, 0.29) is 0 Å². The van der Waals surface area contributed by atoms with E-state index in [4.69, 9.17) is 4.42 Å². The van der Waals surface area contributed by atoms with Crippen molar-refractivity contribution in [2.75, 3.05) is 0 Å². The molecule has 0 spiro atoms. The fourth-order valence-electron chi connectivity index (χ4n) is 0.935. The molecule has 0 amide bonds. The molecule has 0 aliphatic carbocycles. The second-order valence-electron chi connectivity index (χ2n) is 2.37. The Hall–Kier alpha value is -0.981. The molecule has 0 unspecified atom stereocenters. The Bertz CT molecular complexity index is 326. The normalized spacial score (nSPS) is 10.0. The van der Waals surface area contributed by atoms with Crippen molar-refractivity contribution in [3.8, 4) is 0 Å². The van der Waals surface area contributed by atoms with E-state index in [0.717, 1.165) is 0 Å². The minimum absolute atomic E-state index is 0.397. The monoisotopic (exact) mass is 224 g/mol. The van der Waals surface area contributed by atoms with E-state index >= 15 is 0 Å². The maximum atomic E-state index is 5.00. The second kappa shape index (κ2) is 3.61. The van der Waals surface area contributed by atoms with Crippen LogP contribution in [0.15, 0.2) is 53.3 Å². The van der Waals surface area contributed by atoms with Crippen LogP contribution in [-0.2, 0) is 0 Å². The predicted octanol–water partition coefficient (Wildman–Crippen LogP) is 0.935. The van der Waals surface area contributed by atoms with Gasteiger partial charge in [0.05, 0.1) is 0 Å². The van der Waals surface area contributed by atoms with Gasteiger partial charge in [-0.3, -0.25) is 0 Å². The van der Waals surface area contributed by atoms with Crippen LogP contribution in [0.1, 0.15) is 0 Å². The van der Waals surface area contributed by atoms with Crippen LogP contribution in [0.5, 0.6) is 0 Å². The predicted molar refractivity (Wildman–Crippen MR) is 50.2 cm³/mol. The Morgan fingerprint density at radius 1 is 0.917 bits per heavy atom. The number of benzene rings is 1. The van der Waals surface area contributed by atoms with Crippen molar-refractivity contribution in [1.29, 1.82) is 0 Å². The van der Waals surface area contributed by atoms with Gasteiger partial charge in [-0.2, -0.15) is 0 Å². The molecular formula is C10H8OSe. The first kappa shape index (κ1) is 7.66. The molecule has 2 aromatic rings. The standard InChI is InChI=1S/C10H8OSe/c1-2-4-9(5-3-1)12-10-6-7-11-8-10/h1-8H. The van der Waals surface area contributed by atoms with E-state index in [2.05, 4.69) is 24.3 Å². The molecule has 0 aliphatic rings. The molecular weight excluding hydrogens is 215 g/mol. The van der Waals surface area contributed by atoms with Gasteiger partial charge in [0.15, 0.2) is 0 Å². The third-order valence-corrected chi connectivity index (χ3v) is 3.52. The van der Waals surface area contributed by atoms with Crippen molar-refractivity contribution >= 4 is 23.9 Å². The fourth-order valence-corrected chi connectivity index (χ4v) is 2.60. The SMILES string of the molecule is c1ccc([Se]c2ccoc2)cc1. The van der Waals surface area contributed by atoms with Crippen LogP contribution in [0.2, 0.25) is 0 Å². The van der Waals surface area contributed by atoms with Crippen LogP contribution in [0.3, 0.4) is 0 Å². The van der Waals surface area contributed by atoms with Crippen LogP contribution in [0, 0.1) is 0 Å². The van der Waals surface area contributed by atoms with E-state index in [1.165, 1.54) is 8.92 Å². The number of furan rings is 1. The molecule has 0 bridgehead atoms. The van der Waals surface area contributed by atoms with Gasteiger partial charge in [-0.05, 0) is 0 Å². The summed E-state index contributed by atoms with van der Waals surface area (Å²) in [7, 11) is 0. The quantitative estimate of drug-likeness (QED) is 0.690. The van der Waals surface area contributed by atoms with Gasteiger partial charge in [-0.25, -0.2) is 0 Å². The van der Waals surface area contributed by atoms with Crippen LogP contribution >= 0.6 is 0 Å². The number of rotatable bonds is 2. The summed E-state index contributed by atoms with van der Waals surface area (Å²) in [5.41, 5.74) is 0. The zero-order valence-electron chi connectivity index (χ0n) is 6.44. The molecule has 1 nitrogen and oxygen atoms in total. The molecule has 0 radical (unpaired) electrons. The second-order valence-corrected chi connectivity index (χ2v) is 4.78. The van der Waals surface area contributed by atoms with Gasteiger partial charge >= 0.3 is 77.2 Å². The Labute approximate surface area is 77.6 Å². The summed E-state index contributed by atoms with van der Waals surface area (Å²) in [4.78, 5) is 0. The van der Waals surface area contributed by atoms with Crippen molar-refractivity contribution in [3.63, 3.8) is 0 Å². The molecule has 1 heterocycles. The van der Waals surface area contributed by atoms with E-state index < -0.39 is 0 Å². The van der Waals surface area contributed by atoms with Crippen LogP contribution < -0.4 is 8.92 Å². The van der Waals surface area contributed by atoms with Crippen LogP contribution in [-0.4, -0.2) is 15.0 Å². The third kappa shape index (κ3) is 1.79. The Balaban J connectivity index is 2.15. The van der Waals surface area contributed by atoms with Gasteiger partial charge in [-0.15, -0.1) is 0 Å². The van der Waals surface area contributed by atoms with Gasteiger partial charge < -0.3 is 0 Å². The summed E-state index contributed by atoms with van der Waals surface area (Å²) in [5.74, 6) is 0. The van der Waals surface area contributed by atoms with Crippen molar-refractivity contribution in [2.45, 2.75) is 0 Å². The van der Waals surface area contributed by atoms with Crippen molar-refractivity contribution in [3.05, 3.63) is 48.9 Å². The third-order valence-electron chi connectivity index (χ3n) is 1.47. The van der Waals surface area contributed by atoms with Gasteiger partial charge in [0, 0.05) is 0 Å². The summed E-state index contributed by atoms with van der Waals surface area (Å²) in [6, 6.07) is 12.5. The topological polar surface area (TPSA) is 13.1 Å². The van der Waals surface area contributed by atoms with Crippen molar-refractivity contribution in [2.24, 2.45) is 0 Å². The first-order chi connectivity index (χ1) is 5.95. The van der Waals surface area contributed by atoms with Crippen LogP contribution in [0.25, 0.3) is 0 Å². The summed E-state index contributed by atoms with van der Waals surface area (Å²) >= 11 is 0.397. The summed E-state index contributed by atoms with van der Waals surface area (Å²) < 4.78 is 7.67. The first-order valence-electron chi connectivity index (χ1n) is 3.70. The fraction of sp³-hybridized carbons (Fsp3) is 0. The molecule has 1 aromatic heterocycles. The average Bonchev–Trinajstić information content (AvgIpc) is 2.59. The minimum atomic E-state index is 0.397. The Morgan fingerprint density at radius 3 is 2.42 bits per heavy atom. The van der Waals surface area contributed by atoms with Crippen molar-refractivity contribution < 1.29 is 4.42 Å².